The van der Waals surface area contributed by atoms with Crippen LogP contribution in [0.2, 0.25) is 0 Å². The normalized spacial score (nSPS) is 13.0. The summed E-state index contributed by atoms with van der Waals surface area (Å²) in [7, 11) is -13.7. The van der Waals surface area contributed by atoms with Crippen molar-refractivity contribution in [1.29, 1.82) is 0 Å². The molecular weight excluding hydrogens is 1230 g/mol. The molecule has 8 aromatic carbocycles. The Labute approximate surface area is 510 Å². The molecule has 8 aromatic rings. The maximum atomic E-state index is 12.9. The maximum Gasteiger partial charge on any atom is 0.524 e. The minimum absolute atomic E-state index is 0. The molecule has 0 saturated heterocycles. The highest BCUT2D eigenvalue weighted by atomic mass is 35.5. The number of halogens is 11. The van der Waals surface area contributed by atoms with Crippen molar-refractivity contribution in [3.8, 4) is 0 Å². The smallest absolute Gasteiger partial charge is 0.352 e. The van der Waals surface area contributed by atoms with Gasteiger partial charge >= 0.3 is 31.3 Å². The number of carbonyl (C=O) groups excluding carboxylic acids is 2. The number of nitrogens with zero attached hydrogens (tertiary/aromatic N) is 1. The number of amides is 1. The zero-order valence-electron chi connectivity index (χ0n) is 45.2. The minimum Gasteiger partial charge on any atom is -0.352 e. The van der Waals surface area contributed by atoms with Gasteiger partial charge in [-0.05, 0) is 162 Å². The lowest BCUT2D eigenvalue weighted by atomic mass is 9.90. The SMILES string of the molecule is C.C.Fc1ccc(C2=NCCc3ccccc32)cc1.Fc1ccc([C@@H]2NCCc3ccccc32)cc1.NCCc1ccccc1.O=C(Cl)c1ccc(F)cc1.O=C(NCCc1ccccc1)c1ccc(F)cc1.O=S(=O)(OS(=O)(=O)C(F)(F)F)C(F)(F)F. The lowest BCUT2D eigenvalue weighted by molar-refractivity contribution is -0.0586. The molecule has 0 aromatic heterocycles. The van der Waals surface area contributed by atoms with Gasteiger partial charge in [0, 0.05) is 41.9 Å². The summed E-state index contributed by atoms with van der Waals surface area (Å²) in [5.41, 5.74) is 4.40. The second-order valence-corrected chi connectivity index (χ2v) is 21.8. The topological polar surface area (TPSA) is 174 Å². The standard InChI is InChI=1S/C15H14FNO.C15H14FN.C15H12FN.C8H11N.C7H4ClFO.C2F6O5S2.2CH4/c16-14-8-6-13(7-9-14)15(18)17-11-10-12-4-2-1-3-5-12;2*16-13-7-5-12(6-8-13)15-14-4-2-1-3-11(14)9-10-17-15;9-7-6-8-4-2-1-3-5-8;8-7(10)5-1-3-6(9)4-2-5;3-1(4,5)14(9,10)13-15(11,12)2(6,7)8;;/h1-9H,10-11H2,(H,17,18);1-8,15,17H,9-10H2;1-8H,9-10H2;1-5H,6-7,9H2;1-4H;;2*1H4/t;15-;;;;;;/m.0....../s1. The predicted octanol–water partition coefficient (Wildman–Crippen LogP) is 14.4. The molecule has 0 unspecified atom stereocenters. The van der Waals surface area contributed by atoms with Crippen molar-refractivity contribution in [2.24, 2.45) is 10.7 Å². The average Bonchev–Trinajstić information content (AvgIpc) is 1.90. The van der Waals surface area contributed by atoms with Crippen molar-refractivity contribution >= 4 is 48.7 Å². The molecule has 0 saturated carbocycles. The highest BCUT2D eigenvalue weighted by molar-refractivity contribution is 8.00. The first-order valence-corrected chi connectivity index (χ1v) is 29.0. The van der Waals surface area contributed by atoms with E-state index in [4.69, 9.17) is 17.3 Å². The van der Waals surface area contributed by atoms with Gasteiger partial charge in [0.1, 0.15) is 23.3 Å². The number of hydrogen-bond donors (Lipinski definition) is 3. The fourth-order valence-electron chi connectivity index (χ4n) is 7.91. The first kappa shape index (κ1) is 74.2. The summed E-state index contributed by atoms with van der Waals surface area (Å²) in [6.45, 7) is 3.09. The van der Waals surface area contributed by atoms with Gasteiger partial charge in [-0.1, -0.05) is 136 Å². The molecule has 24 heteroatoms. The minimum atomic E-state index is -6.85. The molecule has 1 atom stereocenters. The lowest BCUT2D eigenvalue weighted by Crippen LogP contribution is -2.34. The first-order chi connectivity index (χ1) is 40.8. The average molecular weight is 1290 g/mol. The number of hydrogen-bond acceptors (Lipinski definition) is 10. The van der Waals surface area contributed by atoms with Gasteiger partial charge in [-0.3, -0.25) is 14.6 Å². The fraction of sp³-hybridized carbons (Fsp3) is 0.203. The maximum absolute atomic E-state index is 12.9. The highest BCUT2D eigenvalue weighted by Crippen LogP contribution is 2.32. The highest BCUT2D eigenvalue weighted by Gasteiger charge is 2.57. The third kappa shape index (κ3) is 23.9. The number of nitrogens with two attached hydrogens (primary N) is 1. The van der Waals surface area contributed by atoms with Gasteiger partial charge in [0.05, 0.1) is 11.8 Å². The van der Waals surface area contributed by atoms with Crippen molar-refractivity contribution in [2.75, 3.05) is 26.2 Å². The molecule has 0 bridgehead atoms. The van der Waals surface area contributed by atoms with Gasteiger partial charge in [0.25, 0.3) is 11.1 Å². The summed E-state index contributed by atoms with van der Waals surface area (Å²) >= 11 is 5.09. The molecule has 0 spiro atoms. The van der Waals surface area contributed by atoms with Crippen LogP contribution in [-0.4, -0.2) is 70.9 Å². The van der Waals surface area contributed by atoms with Crippen LogP contribution in [0.3, 0.4) is 0 Å². The van der Waals surface area contributed by atoms with E-state index in [2.05, 4.69) is 64.2 Å². The Morgan fingerprint density at radius 1 is 0.557 bits per heavy atom. The predicted molar refractivity (Wildman–Crippen MR) is 323 cm³/mol. The molecule has 2 aliphatic heterocycles. The molecule has 11 nitrogen and oxygen atoms in total. The van der Waals surface area contributed by atoms with Gasteiger partial charge in [-0.25, -0.2) is 17.6 Å². The van der Waals surface area contributed by atoms with Crippen LogP contribution in [0.25, 0.3) is 0 Å². The van der Waals surface area contributed by atoms with E-state index in [-0.39, 0.29) is 50.1 Å². The molecule has 2 heterocycles. The van der Waals surface area contributed by atoms with Crippen LogP contribution in [-0.2, 0) is 49.5 Å². The third-order valence-corrected chi connectivity index (χ3v) is 14.9. The van der Waals surface area contributed by atoms with Crippen LogP contribution in [0, 0.1) is 23.3 Å². The van der Waals surface area contributed by atoms with Crippen LogP contribution >= 0.6 is 11.6 Å². The van der Waals surface area contributed by atoms with E-state index in [0.29, 0.717) is 17.7 Å². The Balaban J connectivity index is 0.000000279. The van der Waals surface area contributed by atoms with Gasteiger partial charge in [-0.2, -0.15) is 43.2 Å². The second kappa shape index (κ2) is 35.7. The number of fused-ring (bicyclic) bond motifs is 2. The molecule has 10 rings (SSSR count). The zero-order chi connectivity index (χ0) is 62.9. The molecular formula is C64H63ClF10N4O7S2. The van der Waals surface area contributed by atoms with E-state index in [1.807, 2.05) is 76.4 Å². The fourth-order valence-corrected chi connectivity index (χ4v) is 9.60. The van der Waals surface area contributed by atoms with Crippen LogP contribution in [0.1, 0.15) is 86.1 Å². The first-order valence-electron chi connectivity index (χ1n) is 25.8. The molecule has 88 heavy (non-hydrogen) atoms. The Morgan fingerprint density at radius 3 is 1.48 bits per heavy atom. The Morgan fingerprint density at radius 2 is 0.989 bits per heavy atom. The van der Waals surface area contributed by atoms with Gasteiger partial charge in [0.15, 0.2) is 0 Å². The van der Waals surface area contributed by atoms with E-state index in [9.17, 15) is 70.3 Å². The van der Waals surface area contributed by atoms with Crippen LogP contribution in [0.15, 0.2) is 211 Å². The summed E-state index contributed by atoms with van der Waals surface area (Å²) in [5, 5.41) is 5.72. The van der Waals surface area contributed by atoms with Gasteiger partial charge < -0.3 is 16.4 Å². The van der Waals surface area contributed by atoms with E-state index < -0.39 is 36.5 Å². The summed E-state index contributed by atoms with van der Waals surface area (Å²) in [4.78, 5) is 26.7. The van der Waals surface area contributed by atoms with E-state index >= 15 is 0 Å². The van der Waals surface area contributed by atoms with Crippen molar-refractivity contribution in [2.45, 2.75) is 57.6 Å². The van der Waals surface area contributed by atoms with Gasteiger partial charge in [0.2, 0.25) is 0 Å². The molecule has 0 radical (unpaired) electrons. The molecule has 4 N–H and O–H groups in total. The van der Waals surface area contributed by atoms with Crippen molar-refractivity contribution in [3.05, 3.63) is 285 Å². The van der Waals surface area contributed by atoms with Crippen LogP contribution < -0.4 is 16.4 Å². The second-order valence-electron chi connectivity index (χ2n) is 18.2. The Kier molecular flexibility index (Phi) is 30.1. The van der Waals surface area contributed by atoms with Crippen molar-refractivity contribution in [1.82, 2.24) is 10.6 Å². The summed E-state index contributed by atoms with van der Waals surface area (Å²) in [5.74, 6) is -1.28. The summed E-state index contributed by atoms with van der Waals surface area (Å²) in [6, 6.07) is 61.0. The van der Waals surface area contributed by atoms with Crippen molar-refractivity contribution in [3.63, 3.8) is 0 Å². The Hall–Kier alpha value is -8.06. The van der Waals surface area contributed by atoms with Crippen molar-refractivity contribution < 1.29 is 74.0 Å². The van der Waals surface area contributed by atoms with E-state index in [0.717, 1.165) is 62.2 Å². The van der Waals surface area contributed by atoms with E-state index in [1.54, 1.807) is 12.1 Å². The molecule has 1 amide bonds. The number of carbonyl (C=O) groups is 2. The molecule has 0 fully saturated rings. The van der Waals surface area contributed by atoms with Crippen LogP contribution in [0.4, 0.5) is 43.9 Å². The van der Waals surface area contributed by atoms with Gasteiger partial charge in [-0.15, -0.1) is 3.63 Å². The van der Waals surface area contributed by atoms with E-state index in [1.165, 1.54) is 106 Å². The Bertz CT molecular complexity index is 3640. The third-order valence-electron chi connectivity index (χ3n) is 12.1. The molecule has 0 aliphatic carbocycles. The number of nitrogens with one attached hydrogen (secondary N) is 2. The summed E-state index contributed by atoms with van der Waals surface area (Å²) in [6.07, 6.45) is 3.82. The largest absolute Gasteiger partial charge is 0.524 e. The number of alkyl halides is 6. The monoisotopic (exact) mass is 1290 g/mol. The zero-order valence-corrected chi connectivity index (χ0v) is 47.6. The summed E-state index contributed by atoms with van der Waals surface area (Å²) < 4.78 is 161. The number of rotatable bonds is 11. The lowest BCUT2D eigenvalue weighted by Gasteiger charge is -2.27. The molecule has 2 aliphatic rings. The van der Waals surface area contributed by atoms with Crippen LogP contribution in [0.5, 0.6) is 0 Å². The number of aliphatic imine (C=N–C) groups is 1. The quantitative estimate of drug-likeness (QED) is 0.0647. The number of benzene rings is 8. The molecule has 470 valence electrons.